The largest absolute Gasteiger partial charge is 0.383 e. The Hall–Kier alpha value is -0.310. The molecule has 0 N–H and O–H groups in total. The summed E-state index contributed by atoms with van der Waals surface area (Å²) in [7, 11) is 1.62. The lowest BCUT2D eigenvalue weighted by Crippen LogP contribution is -2.08. The number of rotatable bonds is 5. The van der Waals surface area contributed by atoms with Gasteiger partial charge in [-0.05, 0) is 30.5 Å². The summed E-state index contributed by atoms with van der Waals surface area (Å²) in [4.78, 5) is 0. The molecule has 4 heteroatoms. The number of alkyl halides is 1. The molecule has 0 aliphatic rings. The van der Waals surface area contributed by atoms with Gasteiger partial charge in [-0.3, -0.25) is 0 Å². The van der Waals surface area contributed by atoms with Gasteiger partial charge in [0.25, 0.3) is 0 Å². The third-order valence-corrected chi connectivity index (χ3v) is 2.71. The number of benzene rings is 1. The van der Waals surface area contributed by atoms with Crippen LogP contribution in [-0.2, 0) is 11.2 Å². The maximum Gasteiger partial charge on any atom is 0.141 e. The van der Waals surface area contributed by atoms with Crippen LogP contribution in [0.1, 0.15) is 12.0 Å². The first-order valence-corrected chi connectivity index (χ1v) is 5.52. The first-order chi connectivity index (χ1) is 7.13. The van der Waals surface area contributed by atoms with E-state index in [0.717, 1.165) is 18.4 Å². The van der Waals surface area contributed by atoms with E-state index in [2.05, 4.69) is 0 Å². The van der Waals surface area contributed by atoms with Crippen molar-refractivity contribution in [1.29, 1.82) is 0 Å². The van der Waals surface area contributed by atoms with E-state index >= 15 is 0 Å². The van der Waals surface area contributed by atoms with Crippen LogP contribution in [-0.4, -0.2) is 19.1 Å². The molecular weight excluding hydrogens is 238 g/mol. The zero-order valence-corrected chi connectivity index (χ0v) is 9.98. The monoisotopic (exact) mass is 250 g/mol. The van der Waals surface area contributed by atoms with Crippen molar-refractivity contribution < 1.29 is 9.13 Å². The van der Waals surface area contributed by atoms with Crippen molar-refractivity contribution in [2.75, 3.05) is 13.7 Å². The fraction of sp³-hybridized carbons (Fsp3) is 0.455. The molecule has 0 amide bonds. The third kappa shape index (κ3) is 4.37. The molecule has 1 aromatic carbocycles. The average Bonchev–Trinajstić information content (AvgIpc) is 2.20. The normalized spacial score (nSPS) is 12.8. The second-order valence-electron chi connectivity index (χ2n) is 3.34. The molecule has 0 spiro atoms. The molecule has 0 fully saturated rings. The Morgan fingerprint density at radius 1 is 1.47 bits per heavy atom. The molecular formula is C11H13Cl2FO. The van der Waals surface area contributed by atoms with E-state index in [0.29, 0.717) is 6.61 Å². The van der Waals surface area contributed by atoms with Crippen LogP contribution in [0, 0.1) is 5.82 Å². The maximum absolute atomic E-state index is 12.8. The summed E-state index contributed by atoms with van der Waals surface area (Å²) < 4.78 is 17.8. The quantitative estimate of drug-likeness (QED) is 0.725. The van der Waals surface area contributed by atoms with Gasteiger partial charge in [0.2, 0.25) is 0 Å². The highest BCUT2D eigenvalue weighted by molar-refractivity contribution is 6.30. The molecule has 84 valence electrons. The van der Waals surface area contributed by atoms with E-state index in [1.165, 1.54) is 6.07 Å². The molecule has 0 saturated carbocycles. The van der Waals surface area contributed by atoms with Crippen LogP contribution in [0.2, 0.25) is 5.02 Å². The minimum absolute atomic E-state index is 0.0150. The van der Waals surface area contributed by atoms with Crippen LogP contribution in [0.15, 0.2) is 18.2 Å². The molecule has 1 nitrogen and oxygen atoms in total. The second-order valence-corrected chi connectivity index (χ2v) is 4.36. The Kier molecular flexibility index (Phi) is 5.37. The molecule has 0 aliphatic heterocycles. The summed E-state index contributed by atoms with van der Waals surface area (Å²) in [5.74, 6) is -0.389. The lowest BCUT2D eigenvalue weighted by atomic mass is 10.1. The topological polar surface area (TPSA) is 9.23 Å². The van der Waals surface area contributed by atoms with E-state index in [-0.39, 0.29) is 16.2 Å². The number of hydrogen-bond acceptors (Lipinski definition) is 1. The van der Waals surface area contributed by atoms with Gasteiger partial charge in [-0.2, -0.15) is 0 Å². The lowest BCUT2D eigenvalue weighted by Gasteiger charge is -2.08. The fourth-order valence-electron chi connectivity index (χ4n) is 1.28. The van der Waals surface area contributed by atoms with Crippen LogP contribution in [0.3, 0.4) is 0 Å². The van der Waals surface area contributed by atoms with Gasteiger partial charge in [0.15, 0.2) is 0 Å². The molecule has 0 heterocycles. The number of hydrogen-bond donors (Lipinski definition) is 0. The zero-order valence-electron chi connectivity index (χ0n) is 8.47. The van der Waals surface area contributed by atoms with Gasteiger partial charge < -0.3 is 4.74 Å². The SMILES string of the molecule is COCC(Cl)CCc1ccc(F)c(Cl)c1. The number of ether oxygens (including phenoxy) is 1. The number of methoxy groups -OCH3 is 1. The molecule has 0 aliphatic carbocycles. The van der Waals surface area contributed by atoms with Gasteiger partial charge in [0, 0.05) is 7.11 Å². The van der Waals surface area contributed by atoms with Crippen LogP contribution in [0.4, 0.5) is 4.39 Å². The first-order valence-electron chi connectivity index (χ1n) is 4.70. The standard InChI is InChI=1S/C11H13Cl2FO/c1-15-7-9(12)4-2-8-3-5-11(14)10(13)6-8/h3,5-6,9H,2,4,7H2,1H3. The van der Waals surface area contributed by atoms with Crippen molar-refractivity contribution in [2.45, 2.75) is 18.2 Å². The van der Waals surface area contributed by atoms with Crippen LogP contribution in [0.25, 0.3) is 0 Å². The predicted octanol–water partition coefficient (Wildman–Crippen LogP) is 3.67. The van der Waals surface area contributed by atoms with Crippen LogP contribution in [0.5, 0.6) is 0 Å². The lowest BCUT2D eigenvalue weighted by molar-refractivity contribution is 0.195. The molecule has 1 aromatic rings. The van der Waals surface area contributed by atoms with E-state index in [9.17, 15) is 4.39 Å². The van der Waals surface area contributed by atoms with Gasteiger partial charge in [-0.25, -0.2) is 4.39 Å². The van der Waals surface area contributed by atoms with Crippen molar-refractivity contribution in [1.82, 2.24) is 0 Å². The summed E-state index contributed by atoms with van der Waals surface area (Å²) in [6, 6.07) is 4.72. The molecule has 15 heavy (non-hydrogen) atoms. The summed E-state index contributed by atoms with van der Waals surface area (Å²) in [5, 5.41) is 0.143. The Balaban J connectivity index is 2.47. The second kappa shape index (κ2) is 6.31. The highest BCUT2D eigenvalue weighted by atomic mass is 35.5. The van der Waals surface area contributed by atoms with E-state index in [1.807, 2.05) is 0 Å². The van der Waals surface area contributed by atoms with Gasteiger partial charge in [-0.15, -0.1) is 11.6 Å². The Morgan fingerprint density at radius 3 is 2.80 bits per heavy atom. The predicted molar refractivity (Wildman–Crippen MR) is 61.2 cm³/mol. The fourth-order valence-corrected chi connectivity index (χ4v) is 1.72. The summed E-state index contributed by atoms with van der Waals surface area (Å²) in [5.41, 5.74) is 0.989. The van der Waals surface area contributed by atoms with Gasteiger partial charge in [-0.1, -0.05) is 17.7 Å². The van der Waals surface area contributed by atoms with Crippen LogP contribution >= 0.6 is 23.2 Å². The van der Waals surface area contributed by atoms with Crippen molar-refractivity contribution in [2.24, 2.45) is 0 Å². The molecule has 0 radical (unpaired) electrons. The average molecular weight is 251 g/mol. The van der Waals surface area contributed by atoms with Crippen molar-refractivity contribution >= 4 is 23.2 Å². The summed E-state index contributed by atoms with van der Waals surface area (Å²) >= 11 is 11.6. The minimum Gasteiger partial charge on any atom is -0.383 e. The van der Waals surface area contributed by atoms with Crippen molar-refractivity contribution in [3.8, 4) is 0 Å². The highest BCUT2D eigenvalue weighted by Gasteiger charge is 2.06. The zero-order chi connectivity index (χ0) is 11.3. The molecule has 1 atom stereocenters. The minimum atomic E-state index is -0.389. The highest BCUT2D eigenvalue weighted by Crippen LogP contribution is 2.18. The summed E-state index contributed by atoms with van der Waals surface area (Å²) in [6.45, 7) is 0.524. The smallest absolute Gasteiger partial charge is 0.141 e. The first kappa shape index (κ1) is 12.8. The molecule has 1 unspecified atom stereocenters. The molecule has 1 rings (SSSR count). The molecule has 0 bridgehead atoms. The summed E-state index contributed by atoms with van der Waals surface area (Å²) in [6.07, 6.45) is 1.56. The third-order valence-electron chi connectivity index (χ3n) is 2.08. The Morgan fingerprint density at radius 2 is 2.20 bits per heavy atom. The van der Waals surface area contributed by atoms with Gasteiger partial charge in [0.05, 0.1) is 17.0 Å². The number of aryl methyl sites for hydroxylation is 1. The Labute approximate surface area is 99.1 Å². The van der Waals surface area contributed by atoms with Gasteiger partial charge in [0.1, 0.15) is 5.82 Å². The molecule has 0 saturated heterocycles. The maximum atomic E-state index is 12.8. The number of halogens is 3. The Bertz CT molecular complexity index is 317. The van der Waals surface area contributed by atoms with Crippen LogP contribution < -0.4 is 0 Å². The van der Waals surface area contributed by atoms with E-state index in [4.69, 9.17) is 27.9 Å². The van der Waals surface area contributed by atoms with E-state index in [1.54, 1.807) is 19.2 Å². The molecule has 0 aromatic heterocycles. The van der Waals surface area contributed by atoms with Crippen molar-refractivity contribution in [3.63, 3.8) is 0 Å². The van der Waals surface area contributed by atoms with E-state index < -0.39 is 0 Å². The van der Waals surface area contributed by atoms with Gasteiger partial charge >= 0.3 is 0 Å². The van der Waals surface area contributed by atoms with Crippen molar-refractivity contribution in [3.05, 3.63) is 34.6 Å².